The predicted molar refractivity (Wildman–Crippen MR) is 462 cm³/mol. The smallest absolute Gasteiger partial charge is 0.258 e. The highest BCUT2D eigenvalue weighted by Gasteiger charge is 2.20. The van der Waals surface area contributed by atoms with Crippen LogP contribution in [0.15, 0.2) is 300 Å². The topological polar surface area (TPSA) is 308 Å². The summed E-state index contributed by atoms with van der Waals surface area (Å²) < 4.78 is 83.4. The van der Waals surface area contributed by atoms with Crippen molar-refractivity contribution >= 4 is 92.8 Å². The van der Waals surface area contributed by atoms with Gasteiger partial charge in [-0.15, -0.1) is 12.8 Å². The number of rotatable bonds is 20. The summed E-state index contributed by atoms with van der Waals surface area (Å²) in [6.07, 6.45) is 30.8. The van der Waals surface area contributed by atoms with E-state index in [-0.39, 0.29) is 57.5 Å². The van der Waals surface area contributed by atoms with E-state index >= 15 is 0 Å². The lowest BCUT2D eigenvalue weighted by molar-refractivity contribution is 0.101. The molecular formula is C93H65Cl3F4N14O10. The maximum atomic E-state index is 14.2. The fourth-order valence-electron chi connectivity index (χ4n) is 10.9. The summed E-state index contributed by atoms with van der Waals surface area (Å²) in [6.45, 7) is 5.72. The van der Waals surface area contributed by atoms with Gasteiger partial charge in [0.05, 0.1) is 66.9 Å². The average molecular weight is 1720 g/mol. The van der Waals surface area contributed by atoms with Gasteiger partial charge in [0, 0.05) is 120 Å². The number of carbonyl (C=O) groups excluding carboxylic acids is 5. The molecule has 0 spiro atoms. The number of hydrogen-bond acceptors (Lipinski definition) is 19. The van der Waals surface area contributed by atoms with Crippen LogP contribution in [0.4, 0.5) is 46.0 Å². The number of ether oxygens (including phenoxy) is 5. The van der Waals surface area contributed by atoms with E-state index in [9.17, 15) is 41.5 Å². The van der Waals surface area contributed by atoms with E-state index in [1.54, 1.807) is 146 Å². The zero-order valence-corrected chi connectivity index (χ0v) is 67.5. The number of nitrogens with zero attached hydrogens (tertiary/aromatic N) is 9. The monoisotopic (exact) mass is 1720 g/mol. The van der Waals surface area contributed by atoms with Gasteiger partial charge in [0.2, 0.25) is 5.82 Å². The second kappa shape index (κ2) is 44.0. The number of aryl methyl sites for hydroxylation is 3. The van der Waals surface area contributed by atoms with Gasteiger partial charge in [-0.1, -0.05) is 112 Å². The summed E-state index contributed by atoms with van der Waals surface area (Å²) >= 11 is 18.3. The maximum Gasteiger partial charge on any atom is 0.258 e. The predicted octanol–water partition coefficient (Wildman–Crippen LogP) is 21.6. The molecular weight excluding hydrogens is 1660 g/mol. The minimum absolute atomic E-state index is 0.0370. The molecule has 15 aromatic rings. The Hall–Kier alpha value is -16.3. The first kappa shape index (κ1) is 88.5. The van der Waals surface area contributed by atoms with Crippen molar-refractivity contribution in [1.29, 1.82) is 0 Å². The lowest BCUT2D eigenvalue weighted by Gasteiger charge is -2.11. The number of aromatic nitrogens is 9. The number of nitrogens with one attached hydrogen (secondary N) is 5. The first-order chi connectivity index (χ1) is 59.9. The van der Waals surface area contributed by atoms with E-state index in [0.717, 1.165) is 34.9 Å². The van der Waals surface area contributed by atoms with E-state index in [2.05, 4.69) is 83.3 Å². The molecule has 0 aliphatic rings. The van der Waals surface area contributed by atoms with E-state index in [1.807, 2.05) is 63.2 Å². The largest absolute Gasteiger partial charge is 0.456 e. The van der Waals surface area contributed by atoms with Gasteiger partial charge in [-0.3, -0.25) is 29.0 Å². The van der Waals surface area contributed by atoms with Gasteiger partial charge in [-0.05, 0) is 142 Å². The van der Waals surface area contributed by atoms with Crippen molar-refractivity contribution < 1.29 is 65.2 Å². The number of amides is 5. The lowest BCUT2D eigenvalue weighted by Crippen LogP contribution is -2.14. The Kier molecular flexibility index (Phi) is 31.4. The molecule has 10 aromatic carbocycles. The third-order valence-electron chi connectivity index (χ3n) is 16.3. The third kappa shape index (κ3) is 27.4. The molecule has 0 saturated carbocycles. The molecule has 31 heteroatoms. The van der Waals surface area contributed by atoms with Crippen LogP contribution in [0.5, 0.6) is 57.5 Å². The molecule has 0 radical (unpaired) electrons. The molecule has 15 rings (SSSR count). The number of carbonyl (C=O) groups is 5. The quantitative estimate of drug-likeness (QED) is 0.0350. The molecule has 5 N–H and O–H groups in total. The first-order valence-electron chi connectivity index (χ1n) is 36.5. The van der Waals surface area contributed by atoms with Gasteiger partial charge in [0.25, 0.3) is 29.5 Å². The Morgan fingerprint density at radius 2 is 0.677 bits per heavy atom. The highest BCUT2D eigenvalue weighted by Crippen LogP contribution is 2.34. The second-order valence-corrected chi connectivity index (χ2v) is 27.2. The highest BCUT2D eigenvalue weighted by molar-refractivity contribution is 6.32. The van der Waals surface area contributed by atoms with Crippen LogP contribution in [0.3, 0.4) is 0 Å². The second-order valence-electron chi connectivity index (χ2n) is 25.9. The Labute approximate surface area is 721 Å². The van der Waals surface area contributed by atoms with Crippen molar-refractivity contribution in [3.05, 3.63) is 394 Å². The molecule has 5 aromatic heterocycles. The fourth-order valence-corrected chi connectivity index (χ4v) is 11.5. The minimum atomic E-state index is -1.17. The number of pyridine rings is 1. The number of terminal acetylenes is 2. The number of halogens is 7. The molecule has 616 valence electrons. The van der Waals surface area contributed by atoms with Crippen molar-refractivity contribution in [2.45, 2.75) is 20.8 Å². The average Bonchev–Trinajstić information content (AvgIpc) is 0.825. The normalized spacial score (nSPS) is 10.2. The number of benzene rings is 10. The molecule has 0 unspecified atom stereocenters. The molecule has 24 nitrogen and oxygen atoms in total. The summed E-state index contributed by atoms with van der Waals surface area (Å²) in [5, 5.41) is 14.7. The molecule has 0 atom stereocenters. The van der Waals surface area contributed by atoms with E-state index in [4.69, 9.17) is 71.3 Å². The summed E-state index contributed by atoms with van der Waals surface area (Å²) in [5.74, 6) is 2.13. The van der Waals surface area contributed by atoms with Crippen LogP contribution in [-0.4, -0.2) is 74.4 Å². The fraction of sp³-hybridized carbons (Fsp3) is 0.0323. The van der Waals surface area contributed by atoms with Crippen molar-refractivity contribution in [3.8, 4) is 82.2 Å². The molecule has 0 aliphatic heterocycles. The van der Waals surface area contributed by atoms with E-state index < -0.39 is 35.1 Å². The zero-order chi connectivity index (χ0) is 87.9. The van der Waals surface area contributed by atoms with Crippen LogP contribution in [0.25, 0.3) is 0 Å². The van der Waals surface area contributed by atoms with Gasteiger partial charge >= 0.3 is 0 Å². The number of anilines is 5. The Balaban J connectivity index is 0.000000151. The van der Waals surface area contributed by atoms with Gasteiger partial charge in [0.15, 0.2) is 40.4 Å². The van der Waals surface area contributed by atoms with Gasteiger partial charge in [-0.2, -0.15) is 4.39 Å². The van der Waals surface area contributed by atoms with Crippen molar-refractivity contribution in [3.63, 3.8) is 0 Å². The summed E-state index contributed by atoms with van der Waals surface area (Å²) in [7, 11) is 0. The molecule has 5 heterocycles. The summed E-state index contributed by atoms with van der Waals surface area (Å²) in [6, 6.07) is 56.7. The third-order valence-corrected chi connectivity index (χ3v) is 16.9. The maximum absolute atomic E-state index is 14.2. The molecule has 0 bridgehead atoms. The molecule has 5 amide bonds. The Bertz CT molecular complexity index is 6250. The van der Waals surface area contributed by atoms with E-state index in [0.29, 0.717) is 100 Å². The van der Waals surface area contributed by atoms with Crippen LogP contribution in [-0.2, 0) is 0 Å². The summed E-state index contributed by atoms with van der Waals surface area (Å²) in [4.78, 5) is 96.1. The molecule has 124 heavy (non-hydrogen) atoms. The van der Waals surface area contributed by atoms with Crippen LogP contribution in [0.2, 0.25) is 15.1 Å². The van der Waals surface area contributed by atoms with Crippen LogP contribution in [0.1, 0.15) is 79.6 Å². The molecule has 0 aliphatic carbocycles. The van der Waals surface area contributed by atoms with Crippen LogP contribution in [0, 0.1) is 68.7 Å². The van der Waals surface area contributed by atoms with Crippen molar-refractivity contribution in [2.24, 2.45) is 0 Å². The minimum Gasteiger partial charge on any atom is -0.456 e. The highest BCUT2D eigenvalue weighted by atomic mass is 35.5. The lowest BCUT2D eigenvalue weighted by atomic mass is 10.1. The molecule has 0 saturated heterocycles. The van der Waals surface area contributed by atoms with Crippen molar-refractivity contribution in [2.75, 3.05) is 26.6 Å². The van der Waals surface area contributed by atoms with Crippen LogP contribution < -0.4 is 50.3 Å². The van der Waals surface area contributed by atoms with Gasteiger partial charge < -0.3 is 50.3 Å². The molecule has 0 fully saturated rings. The van der Waals surface area contributed by atoms with E-state index in [1.165, 1.54) is 92.8 Å². The van der Waals surface area contributed by atoms with Crippen molar-refractivity contribution in [1.82, 2.24) is 44.9 Å². The Morgan fingerprint density at radius 1 is 0.323 bits per heavy atom. The zero-order valence-electron chi connectivity index (χ0n) is 65.2. The SMILES string of the molecule is C#Cc1cccc(C(=O)Nc2cc(Cl)cc(Oc3cncnc3)c2)c1.C#Cc1cccc(C(=O)Nc2cc(F)cc(Oc3cncnc3)c2)c1F.Cc1cccc(C(=O)Nc2cc(Cl)cc(Oc3cccnc3)c2)c1.Cc1cccc(C(=O)Nc2cc(Cl)cc(Oc3cncnc3)c2)c1.Cc1cccc(C(=O)Nc2cc(F)c(F)c(Oc3cncnc3)c2)c1. The standard InChI is InChI=1S/C19H12ClN3O2.C19H15ClN2O2.C19H11F2N3O2.C18H14ClN3O2.C18H13F2N3O2/c1-2-13-4-3-5-14(6-13)19(24)23-16-7-15(20)8-17(9-16)25-18-10-21-12-22-11-18;1-13-4-2-5-14(8-13)19(23)22-16-9-15(20)10-18(11-16)24-17-6-3-7-21-12-17;1-2-12-4-3-5-17(18(12)21)19(25)24-14-6-13(20)7-15(8-14)26-16-9-22-11-23-10-16;1-12-3-2-4-13(5-12)18(23)22-15-6-14(19)7-16(8-15)24-17-9-20-11-21-10-17;1-11-3-2-4-12(5-11)18(24)23-13-6-15(19)17(20)16(7-13)25-14-8-21-10-22-9-14/h1,3-12H,(H,23,24);2-12H,1H3,(H,22,23);1,3-11H,(H,24,25);2-11H,1H3,(H,22,23);2-10H,1H3,(H,23,24). The van der Waals surface area contributed by atoms with Gasteiger partial charge in [0.1, 0.15) is 59.9 Å². The Morgan fingerprint density at radius 3 is 1.07 bits per heavy atom. The van der Waals surface area contributed by atoms with Gasteiger partial charge in [-0.25, -0.2) is 53.0 Å². The summed E-state index contributed by atoms with van der Waals surface area (Å²) in [5.41, 5.74) is 7.08. The first-order valence-corrected chi connectivity index (χ1v) is 37.7. The van der Waals surface area contributed by atoms with Crippen LogP contribution >= 0.6 is 34.8 Å². The number of hydrogen-bond donors (Lipinski definition) is 5.